The lowest BCUT2D eigenvalue weighted by molar-refractivity contribution is 0.444. The molecule has 64 heavy (non-hydrogen) atoms. The summed E-state index contributed by atoms with van der Waals surface area (Å²) in [5.41, 5.74) is 14.9. The maximum absolute atomic E-state index is 2.59. The van der Waals surface area contributed by atoms with Gasteiger partial charge in [-0.05, 0) is 132 Å². The van der Waals surface area contributed by atoms with Crippen molar-refractivity contribution >= 4 is 55.7 Å². The molecule has 2 saturated carbocycles. The SMILES string of the molecule is c1ccc(-c2ccc(N(c3ccccc3)c3c4ccc(C5CCCCC5)cc4c(N(c4ccccc4)c4ccc(-c5ccccc5)cc4)c4ccc(C5CCCCC5)cc34)cc2)cc1. The molecule has 0 aliphatic heterocycles. The molecule has 2 aliphatic carbocycles. The zero-order chi connectivity index (χ0) is 42.7. The average molecular weight is 829 g/mol. The van der Waals surface area contributed by atoms with Crippen LogP contribution in [0.25, 0.3) is 43.8 Å². The van der Waals surface area contributed by atoms with Crippen LogP contribution in [0.1, 0.15) is 87.2 Å². The minimum Gasteiger partial charge on any atom is -0.309 e. The summed E-state index contributed by atoms with van der Waals surface area (Å²) in [6.07, 6.45) is 12.9. The van der Waals surface area contributed by atoms with Crippen LogP contribution in [0, 0.1) is 0 Å². The molecule has 0 bridgehead atoms. The monoisotopic (exact) mass is 828 g/mol. The number of para-hydroxylation sites is 2. The molecule has 314 valence electrons. The Labute approximate surface area is 379 Å². The van der Waals surface area contributed by atoms with Crippen molar-refractivity contribution in [2.45, 2.75) is 76.0 Å². The predicted octanol–water partition coefficient (Wildman–Crippen LogP) is 18.4. The Bertz CT molecular complexity index is 2760. The number of benzene rings is 9. The van der Waals surface area contributed by atoms with Crippen LogP contribution < -0.4 is 9.80 Å². The number of hydrogen-bond acceptors (Lipinski definition) is 2. The van der Waals surface area contributed by atoms with E-state index in [1.54, 1.807) is 0 Å². The van der Waals surface area contributed by atoms with Crippen molar-refractivity contribution in [3.8, 4) is 22.3 Å². The zero-order valence-corrected chi connectivity index (χ0v) is 36.8. The Morgan fingerprint density at radius 3 is 0.938 bits per heavy atom. The Hall–Kier alpha value is -6.90. The molecule has 2 fully saturated rings. The van der Waals surface area contributed by atoms with Crippen molar-refractivity contribution in [3.05, 3.63) is 217 Å². The lowest BCUT2D eigenvalue weighted by Crippen LogP contribution is -2.15. The van der Waals surface area contributed by atoms with E-state index in [1.807, 2.05) is 0 Å². The van der Waals surface area contributed by atoms with Gasteiger partial charge in [0.25, 0.3) is 0 Å². The molecule has 0 amide bonds. The number of hydrogen-bond donors (Lipinski definition) is 0. The minimum atomic E-state index is 0.560. The van der Waals surface area contributed by atoms with Crippen LogP contribution in [-0.2, 0) is 0 Å². The van der Waals surface area contributed by atoms with E-state index >= 15 is 0 Å². The van der Waals surface area contributed by atoms with E-state index in [9.17, 15) is 0 Å². The van der Waals surface area contributed by atoms with Crippen molar-refractivity contribution < 1.29 is 0 Å². The molecule has 0 aromatic heterocycles. The van der Waals surface area contributed by atoms with Gasteiger partial charge in [-0.25, -0.2) is 0 Å². The van der Waals surface area contributed by atoms with Crippen molar-refractivity contribution in [1.82, 2.24) is 0 Å². The largest absolute Gasteiger partial charge is 0.309 e. The highest BCUT2D eigenvalue weighted by atomic mass is 15.2. The molecule has 2 heteroatoms. The first-order valence-electron chi connectivity index (χ1n) is 23.8. The third-order valence-electron chi connectivity index (χ3n) is 14.2. The fourth-order valence-corrected chi connectivity index (χ4v) is 10.9. The van der Waals surface area contributed by atoms with Crippen molar-refractivity contribution in [3.63, 3.8) is 0 Å². The van der Waals surface area contributed by atoms with Crippen LogP contribution >= 0.6 is 0 Å². The molecule has 0 radical (unpaired) electrons. The van der Waals surface area contributed by atoms with Gasteiger partial charge in [-0.15, -0.1) is 0 Å². The number of nitrogens with zero attached hydrogens (tertiary/aromatic N) is 2. The van der Waals surface area contributed by atoms with E-state index in [2.05, 4.69) is 216 Å². The minimum absolute atomic E-state index is 0.560. The van der Waals surface area contributed by atoms with Crippen molar-refractivity contribution in [2.75, 3.05) is 9.80 Å². The molecular formula is C62H56N2. The summed E-state index contributed by atoms with van der Waals surface area (Å²) < 4.78 is 0. The summed E-state index contributed by atoms with van der Waals surface area (Å²) in [5.74, 6) is 1.12. The molecule has 9 aromatic carbocycles. The van der Waals surface area contributed by atoms with Crippen LogP contribution in [-0.4, -0.2) is 0 Å². The summed E-state index contributed by atoms with van der Waals surface area (Å²) in [4.78, 5) is 5.10. The highest BCUT2D eigenvalue weighted by Gasteiger charge is 2.28. The van der Waals surface area contributed by atoms with Crippen LogP contribution in [0.4, 0.5) is 34.1 Å². The van der Waals surface area contributed by atoms with Crippen molar-refractivity contribution in [2.24, 2.45) is 0 Å². The number of rotatable bonds is 10. The van der Waals surface area contributed by atoms with E-state index in [0.717, 1.165) is 22.7 Å². The highest BCUT2D eigenvalue weighted by molar-refractivity contribution is 6.23. The summed E-state index contributed by atoms with van der Waals surface area (Å²) in [6, 6.07) is 77.2. The number of fused-ring (bicyclic) bond motifs is 2. The van der Waals surface area contributed by atoms with Gasteiger partial charge in [-0.1, -0.05) is 184 Å². The molecule has 0 saturated heterocycles. The van der Waals surface area contributed by atoms with Gasteiger partial charge < -0.3 is 9.80 Å². The van der Waals surface area contributed by atoms with E-state index in [4.69, 9.17) is 0 Å². The third-order valence-corrected chi connectivity index (χ3v) is 14.2. The molecular weight excluding hydrogens is 773 g/mol. The molecule has 0 unspecified atom stereocenters. The standard InChI is InChI=1S/C62H56N2/c1-7-19-45(20-8-1)49-31-37-55(38-32-49)63(53-27-15-5-16-28-53)61-57-41-35-52(48-25-13-4-14-26-48)44-60(57)62(58-42-36-51(43-59(58)61)47-23-11-3-12-24-47)64(54-29-17-6-18-30-54)56-39-33-50(34-40-56)46-21-9-2-10-22-46/h1-2,5-10,15-22,27-44,47-48H,3-4,11-14,23-26H2. The first kappa shape index (κ1) is 39.9. The molecule has 2 nitrogen and oxygen atoms in total. The smallest absolute Gasteiger partial charge is 0.0620 e. The van der Waals surface area contributed by atoms with Crippen LogP contribution in [0.2, 0.25) is 0 Å². The summed E-state index contributed by atoms with van der Waals surface area (Å²) in [6.45, 7) is 0. The maximum Gasteiger partial charge on any atom is 0.0620 e. The van der Waals surface area contributed by atoms with Crippen LogP contribution in [0.15, 0.2) is 206 Å². The second kappa shape index (κ2) is 18.1. The zero-order valence-electron chi connectivity index (χ0n) is 36.8. The van der Waals surface area contributed by atoms with Crippen LogP contribution in [0.3, 0.4) is 0 Å². The fourth-order valence-electron chi connectivity index (χ4n) is 10.9. The Morgan fingerprint density at radius 1 is 0.266 bits per heavy atom. The molecule has 0 spiro atoms. The van der Waals surface area contributed by atoms with E-state index in [-0.39, 0.29) is 0 Å². The van der Waals surface area contributed by atoms with Gasteiger partial charge in [0.05, 0.1) is 11.4 Å². The quantitative estimate of drug-likeness (QED) is 0.100. The average Bonchev–Trinajstić information content (AvgIpc) is 3.39. The maximum atomic E-state index is 2.59. The van der Waals surface area contributed by atoms with E-state index in [0.29, 0.717) is 11.8 Å². The fraction of sp³-hybridized carbons (Fsp3) is 0.194. The summed E-state index contributed by atoms with van der Waals surface area (Å²) in [5, 5.41) is 5.10. The molecule has 0 N–H and O–H groups in total. The highest BCUT2D eigenvalue weighted by Crippen LogP contribution is 2.53. The van der Waals surface area contributed by atoms with Gasteiger partial charge in [0.1, 0.15) is 0 Å². The van der Waals surface area contributed by atoms with Gasteiger partial charge in [0.2, 0.25) is 0 Å². The van der Waals surface area contributed by atoms with Gasteiger partial charge in [0.15, 0.2) is 0 Å². The lowest BCUT2D eigenvalue weighted by Gasteiger charge is -2.34. The van der Waals surface area contributed by atoms with Gasteiger partial charge >= 0.3 is 0 Å². The molecule has 0 atom stereocenters. The normalized spacial score (nSPS) is 14.8. The molecule has 11 rings (SSSR count). The van der Waals surface area contributed by atoms with Crippen LogP contribution in [0.5, 0.6) is 0 Å². The predicted molar refractivity (Wildman–Crippen MR) is 273 cm³/mol. The first-order valence-corrected chi connectivity index (χ1v) is 23.8. The first-order chi connectivity index (χ1) is 31.8. The van der Waals surface area contributed by atoms with Gasteiger partial charge in [-0.3, -0.25) is 0 Å². The third kappa shape index (κ3) is 7.88. The Kier molecular flexibility index (Phi) is 11.3. The Morgan fingerprint density at radius 2 is 0.578 bits per heavy atom. The second-order valence-electron chi connectivity index (χ2n) is 18.1. The lowest BCUT2D eigenvalue weighted by atomic mass is 9.81. The molecule has 0 heterocycles. The number of anilines is 6. The molecule has 2 aliphatic rings. The topological polar surface area (TPSA) is 6.48 Å². The summed E-state index contributed by atoms with van der Waals surface area (Å²) >= 11 is 0. The second-order valence-corrected chi connectivity index (χ2v) is 18.1. The summed E-state index contributed by atoms with van der Waals surface area (Å²) in [7, 11) is 0. The Balaban J connectivity index is 1.22. The molecule has 9 aromatic rings. The van der Waals surface area contributed by atoms with E-state index in [1.165, 1.54) is 131 Å². The van der Waals surface area contributed by atoms with Crippen molar-refractivity contribution in [1.29, 1.82) is 0 Å². The van der Waals surface area contributed by atoms with Gasteiger partial charge in [0, 0.05) is 44.3 Å². The van der Waals surface area contributed by atoms with Gasteiger partial charge in [-0.2, -0.15) is 0 Å². The van der Waals surface area contributed by atoms with E-state index < -0.39 is 0 Å².